The van der Waals surface area contributed by atoms with Crippen LogP contribution in [-0.2, 0) is 6.65 Å². The van der Waals surface area contributed by atoms with Crippen molar-refractivity contribution in [3.05, 3.63) is 0 Å². The van der Waals surface area contributed by atoms with Crippen molar-refractivity contribution in [2.75, 3.05) is 24.6 Å². The Labute approximate surface area is 223 Å². The van der Waals surface area contributed by atoms with E-state index >= 15 is 0 Å². The number of hydrogen-bond donors (Lipinski definition) is 0. The molecule has 1 spiro atoms. The molecule has 212 valence electrons. The zero-order valence-electron chi connectivity index (χ0n) is 25.1. The minimum absolute atomic E-state index is 0.386. The van der Waals surface area contributed by atoms with Gasteiger partial charge in [0.2, 0.25) is 0 Å². The zero-order valence-corrected chi connectivity index (χ0v) is 28.1. The number of fused-ring (bicyclic) bond motifs is 10. The van der Waals surface area contributed by atoms with Crippen LogP contribution in [0.4, 0.5) is 0 Å². The summed E-state index contributed by atoms with van der Waals surface area (Å²) in [5, 5.41) is 0. The van der Waals surface area contributed by atoms with Gasteiger partial charge in [0.05, 0.1) is 0 Å². The van der Waals surface area contributed by atoms with E-state index in [0.717, 1.165) is 0 Å². The van der Waals surface area contributed by atoms with Crippen LogP contribution in [-0.4, -0.2) is 32.7 Å². The van der Waals surface area contributed by atoms with Gasteiger partial charge in [-0.15, -0.1) is 0 Å². The molecule has 0 aliphatic carbocycles. The summed E-state index contributed by atoms with van der Waals surface area (Å²) in [6.07, 6.45) is 31.7. The molecule has 3 heteroatoms. The molecule has 10 fully saturated rings. The van der Waals surface area contributed by atoms with E-state index < -0.39 is 6.65 Å². The van der Waals surface area contributed by atoms with Gasteiger partial charge in [-0.05, 0) is 0 Å². The predicted molar refractivity (Wildman–Crippen MR) is 165 cm³/mol. The van der Waals surface area contributed by atoms with Crippen molar-refractivity contribution in [1.29, 1.82) is 0 Å². The second-order valence-electron chi connectivity index (χ2n) is 19.0. The molecule has 4 unspecified atom stereocenters. The van der Waals surface area contributed by atoms with Gasteiger partial charge >= 0.3 is 224 Å². The fraction of sp³-hybridized carbons (Fsp3) is 1.00. The standard InChI is InChI=1S/C29H55P2.C5H5.Cr/c1-5-9-13-17-24-30(25-18-14-10-6-2)28-22-21-23-29(28)31(26-19-15-11-7-3)27-20-16-12-8-4;1-2-4-5-3-1;/h21-23H,5-20,24-27H2,1-4H3;1-5H;. The topological polar surface area (TPSA) is 0 Å². The molecule has 0 saturated carbocycles. The van der Waals surface area contributed by atoms with Gasteiger partial charge in [-0.2, -0.15) is 0 Å². The molecule has 4 atom stereocenters. The molecule has 0 radical (unpaired) electrons. The van der Waals surface area contributed by atoms with Crippen molar-refractivity contribution >= 4 is 15.8 Å². The van der Waals surface area contributed by atoms with Crippen LogP contribution in [0.5, 0.6) is 0 Å². The van der Waals surface area contributed by atoms with Gasteiger partial charge in [-0.1, -0.05) is 0 Å². The number of hydrogen-bond acceptors (Lipinski definition) is 0. The van der Waals surface area contributed by atoms with E-state index in [0.29, 0.717) is 15.8 Å². The molecule has 37 heavy (non-hydrogen) atoms. The molecule has 0 bridgehead atoms. The molecular formula is C34H60CrP2. The third-order valence-electron chi connectivity index (χ3n) is 22.9. The molecule has 0 amide bonds. The Balaban J connectivity index is 1.02. The molecule has 0 aromatic heterocycles. The average molecular weight is 583 g/mol. The van der Waals surface area contributed by atoms with Crippen LogP contribution in [0.25, 0.3) is 0 Å². The Morgan fingerprint density at radius 1 is 0.405 bits per heavy atom. The number of unbranched alkanes of at least 4 members (excludes halogenated alkanes) is 12. The van der Waals surface area contributed by atoms with E-state index in [1.54, 1.807) is 114 Å². The minimum atomic E-state index is -3.52. The Bertz CT molecular complexity index is 1190. The van der Waals surface area contributed by atoms with Crippen LogP contribution >= 0.6 is 15.8 Å². The molecule has 10 aliphatic rings. The summed E-state index contributed by atoms with van der Waals surface area (Å²) in [5.41, 5.74) is 0. The fourth-order valence-corrected chi connectivity index (χ4v) is 156. The second kappa shape index (κ2) is 4.22. The van der Waals surface area contributed by atoms with E-state index in [9.17, 15) is 0 Å². The van der Waals surface area contributed by atoms with Crippen LogP contribution < -0.4 is 0 Å². The van der Waals surface area contributed by atoms with Crippen LogP contribution in [0.1, 0.15) is 130 Å². The van der Waals surface area contributed by atoms with Crippen LogP contribution in [0.3, 0.4) is 0 Å². The molecule has 10 rings (SSSR count). The summed E-state index contributed by atoms with van der Waals surface area (Å²) >= 11 is 0. The quantitative estimate of drug-likeness (QED) is 0.0880. The monoisotopic (exact) mass is 582 g/mol. The Morgan fingerprint density at radius 3 is 0.919 bits per heavy atom. The van der Waals surface area contributed by atoms with E-state index in [2.05, 4.69) is 27.7 Å². The third-order valence-corrected chi connectivity index (χ3v) is 89.1. The Morgan fingerprint density at radius 2 is 0.703 bits per heavy atom. The maximum absolute atomic E-state index is 3.52. The third kappa shape index (κ3) is 0.670. The summed E-state index contributed by atoms with van der Waals surface area (Å²) in [6, 6.07) is 0. The summed E-state index contributed by atoms with van der Waals surface area (Å²) in [6.45, 7) is 6.20. The van der Waals surface area contributed by atoms with Gasteiger partial charge < -0.3 is 0 Å². The van der Waals surface area contributed by atoms with E-state index in [1.165, 1.54) is 59.4 Å². The van der Waals surface area contributed by atoms with Gasteiger partial charge in [0, 0.05) is 0 Å². The molecular weight excluding hydrogens is 522 g/mol. The van der Waals surface area contributed by atoms with Gasteiger partial charge in [-0.25, -0.2) is 0 Å². The number of rotatable bonds is 22. The van der Waals surface area contributed by atoms with E-state index in [1.807, 2.05) is 0 Å². The van der Waals surface area contributed by atoms with Gasteiger partial charge in [0.1, 0.15) is 0 Å². The fourth-order valence-electron chi connectivity index (χ4n) is 24.9. The molecule has 0 nitrogen and oxygen atoms in total. The zero-order chi connectivity index (χ0) is 25.2. The second-order valence-corrected chi connectivity index (χ2v) is 52.2. The summed E-state index contributed by atoms with van der Waals surface area (Å²) < 4.78 is 14.9. The molecule has 10 heterocycles. The van der Waals surface area contributed by atoms with Gasteiger partial charge in [0.15, 0.2) is 0 Å². The molecule has 0 aromatic rings. The van der Waals surface area contributed by atoms with Crippen molar-refractivity contribution < 1.29 is 6.65 Å². The first kappa shape index (κ1) is 23.9. The average Bonchev–Trinajstić information content (AvgIpc) is 3.85. The SMILES string of the molecule is CCCCCCP(CCCCCC)[C]12[CH]3[CH]4[CH]5[C]1(P(CCCCCC)CCCCCC)[Cr]43521678[CH]2[CH]1[CH]6[CH]7[CH]28. The van der Waals surface area contributed by atoms with Crippen LogP contribution in [0.15, 0.2) is 0 Å². The van der Waals surface area contributed by atoms with E-state index in [4.69, 9.17) is 0 Å². The molecule has 0 N–H and O–H groups in total. The van der Waals surface area contributed by atoms with Gasteiger partial charge in [0.25, 0.3) is 0 Å². The molecule has 10 aliphatic heterocycles. The molecule has 0 aromatic carbocycles. The van der Waals surface area contributed by atoms with Crippen molar-refractivity contribution in [2.45, 2.75) is 177 Å². The predicted octanol–water partition coefficient (Wildman–Crippen LogP) is 12.5. The van der Waals surface area contributed by atoms with Gasteiger partial charge in [-0.3, -0.25) is 0 Å². The van der Waals surface area contributed by atoms with Crippen LogP contribution in [0.2, 0.25) is 38.2 Å². The first-order valence-corrected chi connectivity index (χ1v) is 28.6. The van der Waals surface area contributed by atoms with Crippen molar-refractivity contribution in [2.24, 2.45) is 0 Å². The summed E-state index contributed by atoms with van der Waals surface area (Å²) in [5.74, 6) is 0. The first-order chi connectivity index (χ1) is 18.0. The van der Waals surface area contributed by atoms with Crippen molar-refractivity contribution in [3.63, 3.8) is 0 Å². The summed E-state index contributed by atoms with van der Waals surface area (Å²) in [4.78, 5) is 0. The maximum atomic E-state index is 2.43. The molecule has 10 saturated heterocycles. The normalized spacial score (nSPS) is 63.6. The van der Waals surface area contributed by atoms with Crippen molar-refractivity contribution in [1.82, 2.24) is 0 Å². The Hall–Kier alpha value is 1.39. The summed E-state index contributed by atoms with van der Waals surface area (Å²) in [7, 11) is 0.772. The van der Waals surface area contributed by atoms with E-state index in [-0.39, 0.29) is 0 Å². The van der Waals surface area contributed by atoms with Crippen LogP contribution in [0, 0.1) is 0 Å². The Kier molecular flexibility index (Phi) is 2.72. The van der Waals surface area contributed by atoms with Crippen molar-refractivity contribution in [3.8, 4) is 0 Å². The first-order valence-electron chi connectivity index (χ1n) is 18.0.